The Kier molecular flexibility index (Phi) is 6.28. The number of alkyl halides is 3. The van der Waals surface area contributed by atoms with Gasteiger partial charge in [-0.1, -0.05) is 13.8 Å². The first-order valence-corrected chi connectivity index (χ1v) is 8.62. The number of nitrogens with two attached hydrogens (primary N) is 1. The molecule has 0 aromatic heterocycles. The van der Waals surface area contributed by atoms with E-state index in [9.17, 15) is 22.8 Å². The van der Waals surface area contributed by atoms with Crippen LogP contribution in [-0.2, 0) is 22.3 Å². The third kappa shape index (κ3) is 4.97. The summed E-state index contributed by atoms with van der Waals surface area (Å²) in [5, 5.41) is 2.57. The maximum absolute atomic E-state index is 13.0. The average Bonchev–Trinajstić information content (AvgIpc) is 2.60. The third-order valence-corrected chi connectivity index (χ3v) is 4.49. The average molecular weight is 371 g/mol. The number of hydrogen-bond acceptors (Lipinski definition) is 3. The number of anilines is 1. The van der Waals surface area contributed by atoms with Gasteiger partial charge in [0, 0.05) is 37.2 Å². The van der Waals surface area contributed by atoms with E-state index < -0.39 is 11.7 Å². The van der Waals surface area contributed by atoms with Crippen molar-refractivity contribution in [2.24, 2.45) is 17.6 Å². The summed E-state index contributed by atoms with van der Waals surface area (Å²) >= 11 is 0. The van der Waals surface area contributed by atoms with Gasteiger partial charge in [0.05, 0.1) is 5.56 Å². The predicted octanol–water partition coefficient (Wildman–Crippen LogP) is 3.00. The molecule has 0 aliphatic carbocycles. The molecule has 1 aromatic carbocycles. The van der Waals surface area contributed by atoms with Crippen LogP contribution in [0.1, 0.15) is 37.8 Å². The zero-order chi connectivity index (χ0) is 19.5. The van der Waals surface area contributed by atoms with Crippen molar-refractivity contribution in [2.45, 2.75) is 39.4 Å². The zero-order valence-electron chi connectivity index (χ0n) is 14.9. The van der Waals surface area contributed by atoms with Gasteiger partial charge >= 0.3 is 6.18 Å². The molecule has 0 unspecified atom stereocenters. The van der Waals surface area contributed by atoms with Crippen LogP contribution in [0.4, 0.5) is 18.9 Å². The van der Waals surface area contributed by atoms with E-state index in [1.54, 1.807) is 4.90 Å². The van der Waals surface area contributed by atoms with Crippen molar-refractivity contribution < 1.29 is 22.8 Å². The monoisotopic (exact) mass is 371 g/mol. The Morgan fingerprint density at radius 2 is 1.85 bits per heavy atom. The van der Waals surface area contributed by atoms with Gasteiger partial charge in [0.15, 0.2) is 0 Å². The van der Waals surface area contributed by atoms with Crippen molar-refractivity contribution in [3.05, 3.63) is 29.3 Å². The predicted molar refractivity (Wildman–Crippen MR) is 92.1 cm³/mol. The summed E-state index contributed by atoms with van der Waals surface area (Å²) in [7, 11) is 0. The SMILES string of the molecule is CC(C)C(=O)N1CCC(C(=O)Nc2cc(CN)cc(C(F)(F)F)c2)CC1. The fraction of sp³-hybridized carbons (Fsp3) is 0.556. The topological polar surface area (TPSA) is 75.4 Å². The van der Waals surface area contributed by atoms with Gasteiger partial charge in [0.25, 0.3) is 0 Å². The Labute approximate surface area is 150 Å². The minimum Gasteiger partial charge on any atom is -0.342 e. The molecule has 26 heavy (non-hydrogen) atoms. The largest absolute Gasteiger partial charge is 0.416 e. The fourth-order valence-electron chi connectivity index (χ4n) is 3.02. The standard InChI is InChI=1S/C18H24F3N3O2/c1-11(2)17(26)24-5-3-13(4-6-24)16(25)23-15-8-12(10-22)7-14(9-15)18(19,20)21/h7-9,11,13H,3-6,10,22H2,1-2H3,(H,23,25). The quantitative estimate of drug-likeness (QED) is 0.854. The maximum atomic E-state index is 13.0. The summed E-state index contributed by atoms with van der Waals surface area (Å²) in [4.78, 5) is 26.1. The summed E-state index contributed by atoms with van der Waals surface area (Å²) in [5.74, 6) is -0.708. The normalized spacial score (nSPS) is 16.0. The molecular weight excluding hydrogens is 347 g/mol. The molecule has 8 heteroatoms. The Hall–Kier alpha value is -2.09. The van der Waals surface area contributed by atoms with E-state index in [-0.39, 0.29) is 35.9 Å². The first-order chi connectivity index (χ1) is 12.1. The first-order valence-electron chi connectivity index (χ1n) is 8.62. The molecule has 0 bridgehead atoms. The molecule has 1 aliphatic heterocycles. The summed E-state index contributed by atoms with van der Waals surface area (Å²) in [6.07, 6.45) is -3.52. The van der Waals surface area contributed by atoms with Gasteiger partial charge in [-0.25, -0.2) is 0 Å². The van der Waals surface area contributed by atoms with Gasteiger partial charge in [-0.3, -0.25) is 9.59 Å². The number of hydrogen-bond donors (Lipinski definition) is 2. The molecule has 2 rings (SSSR count). The van der Waals surface area contributed by atoms with E-state index in [2.05, 4.69) is 5.32 Å². The molecule has 0 saturated carbocycles. The highest BCUT2D eigenvalue weighted by Crippen LogP contribution is 2.32. The Balaban J connectivity index is 2.03. The van der Waals surface area contributed by atoms with Crippen molar-refractivity contribution in [3.63, 3.8) is 0 Å². The van der Waals surface area contributed by atoms with E-state index in [0.717, 1.165) is 12.1 Å². The minimum atomic E-state index is -4.51. The molecule has 1 heterocycles. The van der Waals surface area contributed by atoms with Crippen molar-refractivity contribution in [3.8, 4) is 0 Å². The number of halogens is 3. The second kappa shape index (κ2) is 8.07. The van der Waals surface area contributed by atoms with Gasteiger partial charge in [-0.2, -0.15) is 13.2 Å². The molecule has 1 fully saturated rings. The Morgan fingerprint density at radius 1 is 1.23 bits per heavy atom. The number of likely N-dealkylation sites (tertiary alicyclic amines) is 1. The van der Waals surface area contributed by atoms with Gasteiger partial charge < -0.3 is 16.0 Å². The molecule has 0 radical (unpaired) electrons. The van der Waals surface area contributed by atoms with Gasteiger partial charge in [-0.05, 0) is 36.6 Å². The van der Waals surface area contributed by atoms with Crippen molar-refractivity contribution in [1.82, 2.24) is 4.90 Å². The van der Waals surface area contributed by atoms with Gasteiger partial charge in [-0.15, -0.1) is 0 Å². The van der Waals surface area contributed by atoms with E-state index >= 15 is 0 Å². The van der Waals surface area contributed by atoms with E-state index in [4.69, 9.17) is 5.73 Å². The Morgan fingerprint density at radius 3 is 2.35 bits per heavy atom. The molecule has 1 aromatic rings. The highest BCUT2D eigenvalue weighted by Gasteiger charge is 2.32. The van der Waals surface area contributed by atoms with Crippen molar-refractivity contribution in [1.29, 1.82) is 0 Å². The van der Waals surface area contributed by atoms with Crippen LogP contribution in [0.15, 0.2) is 18.2 Å². The number of nitrogens with one attached hydrogen (secondary N) is 1. The van der Waals surface area contributed by atoms with Crippen LogP contribution < -0.4 is 11.1 Å². The number of nitrogens with zero attached hydrogens (tertiary/aromatic N) is 1. The molecule has 5 nitrogen and oxygen atoms in total. The number of carbonyl (C=O) groups is 2. The first kappa shape index (κ1) is 20.2. The molecule has 1 saturated heterocycles. The number of carbonyl (C=O) groups excluding carboxylic acids is 2. The van der Waals surface area contributed by atoms with Crippen LogP contribution in [0, 0.1) is 11.8 Å². The van der Waals surface area contributed by atoms with Crippen LogP contribution in [0.5, 0.6) is 0 Å². The van der Waals surface area contributed by atoms with Crippen molar-refractivity contribution in [2.75, 3.05) is 18.4 Å². The highest BCUT2D eigenvalue weighted by atomic mass is 19.4. The molecule has 144 valence electrons. The van der Waals surface area contributed by atoms with Crippen LogP contribution in [0.2, 0.25) is 0 Å². The van der Waals surface area contributed by atoms with Gasteiger partial charge in [0.1, 0.15) is 0 Å². The number of rotatable bonds is 4. The van der Waals surface area contributed by atoms with E-state index in [1.165, 1.54) is 6.07 Å². The van der Waals surface area contributed by atoms with E-state index in [0.29, 0.717) is 31.5 Å². The molecule has 1 aliphatic rings. The number of benzene rings is 1. The van der Waals surface area contributed by atoms with Crippen LogP contribution in [0.3, 0.4) is 0 Å². The van der Waals surface area contributed by atoms with E-state index in [1.807, 2.05) is 13.8 Å². The lowest BCUT2D eigenvalue weighted by Crippen LogP contribution is -2.43. The Bertz CT molecular complexity index is 666. The second-order valence-electron chi connectivity index (χ2n) is 6.86. The maximum Gasteiger partial charge on any atom is 0.416 e. The summed E-state index contributed by atoms with van der Waals surface area (Å²) in [6.45, 7) is 4.55. The third-order valence-electron chi connectivity index (χ3n) is 4.49. The molecule has 3 N–H and O–H groups in total. The lowest BCUT2D eigenvalue weighted by atomic mass is 9.95. The van der Waals surface area contributed by atoms with Crippen molar-refractivity contribution >= 4 is 17.5 Å². The smallest absolute Gasteiger partial charge is 0.342 e. The second-order valence-corrected chi connectivity index (χ2v) is 6.86. The summed E-state index contributed by atoms with van der Waals surface area (Å²) in [6, 6.07) is 3.34. The van der Waals surface area contributed by atoms with Crippen LogP contribution >= 0.6 is 0 Å². The fourth-order valence-corrected chi connectivity index (χ4v) is 3.02. The van der Waals surface area contributed by atoms with Gasteiger partial charge in [0.2, 0.25) is 11.8 Å². The molecular formula is C18H24F3N3O2. The van der Waals surface area contributed by atoms with Crippen LogP contribution in [0.25, 0.3) is 0 Å². The molecule has 0 spiro atoms. The zero-order valence-corrected chi connectivity index (χ0v) is 14.9. The minimum absolute atomic E-state index is 0.0503. The summed E-state index contributed by atoms with van der Waals surface area (Å²) in [5.41, 5.74) is 5.00. The lowest BCUT2D eigenvalue weighted by Gasteiger charge is -2.32. The highest BCUT2D eigenvalue weighted by molar-refractivity contribution is 5.93. The number of amides is 2. The van der Waals surface area contributed by atoms with Crippen LogP contribution in [-0.4, -0.2) is 29.8 Å². The molecule has 2 amide bonds. The molecule has 0 atom stereocenters. The number of piperidine rings is 1. The lowest BCUT2D eigenvalue weighted by molar-refractivity contribution is -0.137. The summed E-state index contributed by atoms with van der Waals surface area (Å²) < 4.78 is 38.9.